The Balaban J connectivity index is 1.43. The number of fused-ring (bicyclic) bond motifs is 1. The van der Waals surface area contributed by atoms with E-state index >= 15 is 0 Å². The molecule has 168 valence electrons. The summed E-state index contributed by atoms with van der Waals surface area (Å²) in [6.45, 7) is 6.54. The molecule has 32 heavy (non-hydrogen) atoms. The third-order valence-corrected chi connectivity index (χ3v) is 5.64. The van der Waals surface area contributed by atoms with Gasteiger partial charge in [0.05, 0.1) is 11.3 Å². The van der Waals surface area contributed by atoms with E-state index in [0.29, 0.717) is 36.6 Å². The molecule has 1 saturated heterocycles. The van der Waals surface area contributed by atoms with E-state index < -0.39 is 11.7 Å². The number of aryl methyl sites for hydroxylation is 3. The lowest BCUT2D eigenvalue weighted by molar-refractivity contribution is -0.137. The first-order valence-corrected chi connectivity index (χ1v) is 10.3. The molecule has 1 aliphatic rings. The fourth-order valence-electron chi connectivity index (χ4n) is 4.18. The average Bonchev–Trinajstić information content (AvgIpc) is 3.15. The normalized spacial score (nSPS) is 16.4. The molecule has 1 fully saturated rings. The summed E-state index contributed by atoms with van der Waals surface area (Å²) in [5.41, 5.74) is 2.16. The predicted molar refractivity (Wildman–Crippen MR) is 118 cm³/mol. The molecule has 2 N–H and O–H groups in total. The van der Waals surface area contributed by atoms with Gasteiger partial charge in [-0.1, -0.05) is 12.1 Å². The van der Waals surface area contributed by atoms with E-state index in [1.807, 2.05) is 43.0 Å². The smallest absolute Gasteiger partial charge is 0.354 e. The van der Waals surface area contributed by atoms with Crippen molar-refractivity contribution in [1.82, 2.24) is 15.3 Å². The second-order valence-electron chi connectivity index (χ2n) is 8.14. The summed E-state index contributed by atoms with van der Waals surface area (Å²) in [6.07, 6.45) is -2.89. The van der Waals surface area contributed by atoms with Crippen LogP contribution in [0.4, 0.5) is 29.5 Å². The van der Waals surface area contributed by atoms with Crippen molar-refractivity contribution in [2.75, 3.05) is 23.3 Å². The number of pyridine rings is 2. The van der Waals surface area contributed by atoms with Crippen LogP contribution in [0.5, 0.6) is 0 Å². The summed E-state index contributed by atoms with van der Waals surface area (Å²) >= 11 is 0. The molecule has 4 rings (SSSR count). The Kier molecular flexibility index (Phi) is 5.66. The van der Waals surface area contributed by atoms with Crippen molar-refractivity contribution < 1.29 is 18.0 Å². The van der Waals surface area contributed by atoms with Crippen molar-refractivity contribution in [3.8, 4) is 0 Å². The molecule has 1 aromatic carbocycles. The first-order valence-electron chi connectivity index (χ1n) is 10.3. The molecule has 9 heteroatoms. The second kappa shape index (κ2) is 8.29. The Morgan fingerprint density at radius 3 is 2.66 bits per heavy atom. The highest BCUT2D eigenvalue weighted by Crippen LogP contribution is 2.32. The quantitative estimate of drug-likeness (QED) is 0.599. The molecule has 0 saturated carbocycles. The Morgan fingerprint density at radius 2 is 1.94 bits per heavy atom. The standard InChI is InChI=1S/C23H24F3N5O/c1-13-9-16(23(24,25)26)11-27-21(13)31-8-7-17(12-31)29-22(32)30-20-6-4-5-18-15(3)28-14(2)10-19(18)20/h4-6,9-11,17H,7-8,12H2,1-3H3,(H2,29,30,32). The number of hydrogen-bond donors (Lipinski definition) is 2. The molecular formula is C23H24F3N5O. The number of alkyl halides is 3. The molecule has 6 nitrogen and oxygen atoms in total. The second-order valence-corrected chi connectivity index (χ2v) is 8.14. The minimum atomic E-state index is -4.42. The van der Waals surface area contributed by atoms with Crippen LogP contribution in [0.2, 0.25) is 0 Å². The summed E-state index contributed by atoms with van der Waals surface area (Å²) in [5, 5.41) is 7.78. The molecule has 3 heterocycles. The van der Waals surface area contributed by atoms with Crippen LogP contribution in [0, 0.1) is 20.8 Å². The molecule has 1 atom stereocenters. The fraction of sp³-hybridized carbons (Fsp3) is 0.348. The van der Waals surface area contributed by atoms with Crippen molar-refractivity contribution in [3.63, 3.8) is 0 Å². The molecule has 0 radical (unpaired) electrons. The van der Waals surface area contributed by atoms with Gasteiger partial charge in [-0.05, 0) is 51.0 Å². The van der Waals surface area contributed by atoms with Gasteiger partial charge in [0.25, 0.3) is 0 Å². The maximum absolute atomic E-state index is 12.9. The lowest BCUT2D eigenvalue weighted by Crippen LogP contribution is -2.40. The molecule has 0 spiro atoms. The maximum atomic E-state index is 12.9. The van der Waals surface area contributed by atoms with Crippen LogP contribution in [0.15, 0.2) is 36.5 Å². The molecular weight excluding hydrogens is 419 g/mol. The lowest BCUT2D eigenvalue weighted by atomic mass is 10.1. The average molecular weight is 443 g/mol. The number of benzene rings is 1. The first kappa shape index (κ1) is 21.9. The van der Waals surface area contributed by atoms with Crippen molar-refractivity contribution in [2.45, 2.75) is 39.4 Å². The molecule has 2 amide bonds. The van der Waals surface area contributed by atoms with Crippen LogP contribution in [-0.2, 0) is 6.18 Å². The van der Waals surface area contributed by atoms with Gasteiger partial charge in [0.1, 0.15) is 5.82 Å². The van der Waals surface area contributed by atoms with Crippen LogP contribution < -0.4 is 15.5 Å². The molecule has 2 aromatic heterocycles. The molecule has 0 aliphatic carbocycles. The van der Waals surface area contributed by atoms with Gasteiger partial charge < -0.3 is 15.5 Å². The monoisotopic (exact) mass is 443 g/mol. The number of carbonyl (C=O) groups excluding carboxylic acids is 1. The van der Waals surface area contributed by atoms with Crippen LogP contribution in [-0.4, -0.2) is 35.1 Å². The Morgan fingerprint density at radius 1 is 1.16 bits per heavy atom. The van der Waals surface area contributed by atoms with E-state index in [0.717, 1.165) is 34.4 Å². The van der Waals surface area contributed by atoms with Crippen molar-refractivity contribution >= 4 is 28.3 Å². The SMILES string of the molecule is Cc1cc2c(NC(=O)NC3CCN(c4ncc(C(F)(F)F)cc4C)C3)cccc2c(C)n1. The van der Waals surface area contributed by atoms with Gasteiger partial charge in [-0.15, -0.1) is 0 Å². The van der Waals surface area contributed by atoms with Gasteiger partial charge in [0.15, 0.2) is 0 Å². The van der Waals surface area contributed by atoms with Gasteiger partial charge in [0.2, 0.25) is 0 Å². The number of amides is 2. The Bertz CT molecular complexity index is 1180. The number of rotatable bonds is 3. The summed E-state index contributed by atoms with van der Waals surface area (Å²) in [7, 11) is 0. The van der Waals surface area contributed by atoms with Crippen molar-refractivity contribution in [2.24, 2.45) is 0 Å². The summed E-state index contributed by atoms with van der Waals surface area (Å²) < 4.78 is 38.7. The highest BCUT2D eigenvalue weighted by molar-refractivity contribution is 6.02. The summed E-state index contributed by atoms with van der Waals surface area (Å²) in [4.78, 5) is 23.0. The van der Waals surface area contributed by atoms with E-state index in [-0.39, 0.29) is 12.1 Å². The first-order chi connectivity index (χ1) is 15.1. The van der Waals surface area contributed by atoms with Crippen LogP contribution in [0.1, 0.15) is 28.9 Å². The van der Waals surface area contributed by atoms with Gasteiger partial charge in [-0.2, -0.15) is 13.2 Å². The number of hydrogen-bond acceptors (Lipinski definition) is 4. The Hall–Kier alpha value is -3.36. The minimum Gasteiger partial charge on any atom is -0.354 e. The zero-order valence-corrected chi connectivity index (χ0v) is 18.0. The van der Waals surface area contributed by atoms with E-state index in [2.05, 4.69) is 20.6 Å². The molecule has 1 unspecified atom stereocenters. The summed E-state index contributed by atoms with van der Waals surface area (Å²) in [5.74, 6) is 0.509. The lowest BCUT2D eigenvalue weighted by Gasteiger charge is -2.21. The van der Waals surface area contributed by atoms with Gasteiger partial charge in [0, 0.05) is 47.5 Å². The van der Waals surface area contributed by atoms with E-state index in [4.69, 9.17) is 0 Å². The number of nitrogens with zero attached hydrogens (tertiary/aromatic N) is 3. The zero-order chi connectivity index (χ0) is 23.0. The number of halogens is 3. The third kappa shape index (κ3) is 4.46. The number of nitrogens with one attached hydrogen (secondary N) is 2. The number of aromatic nitrogens is 2. The number of anilines is 2. The van der Waals surface area contributed by atoms with E-state index in [9.17, 15) is 18.0 Å². The summed E-state index contributed by atoms with van der Waals surface area (Å²) in [6, 6.07) is 8.26. The maximum Gasteiger partial charge on any atom is 0.417 e. The van der Waals surface area contributed by atoms with Gasteiger partial charge >= 0.3 is 12.2 Å². The topological polar surface area (TPSA) is 70.2 Å². The largest absolute Gasteiger partial charge is 0.417 e. The van der Waals surface area contributed by atoms with Crippen LogP contribution >= 0.6 is 0 Å². The minimum absolute atomic E-state index is 0.140. The predicted octanol–water partition coefficient (Wildman–Crippen LogP) is 4.97. The van der Waals surface area contributed by atoms with Gasteiger partial charge in [-0.25, -0.2) is 9.78 Å². The van der Waals surface area contributed by atoms with Crippen LogP contribution in [0.3, 0.4) is 0 Å². The highest BCUT2D eigenvalue weighted by atomic mass is 19.4. The van der Waals surface area contributed by atoms with Crippen molar-refractivity contribution in [3.05, 3.63) is 59.0 Å². The highest BCUT2D eigenvalue weighted by Gasteiger charge is 2.32. The third-order valence-electron chi connectivity index (χ3n) is 5.64. The number of carbonyl (C=O) groups is 1. The Labute approximate surface area is 183 Å². The van der Waals surface area contributed by atoms with Crippen LogP contribution in [0.25, 0.3) is 10.8 Å². The van der Waals surface area contributed by atoms with E-state index in [1.165, 1.54) is 0 Å². The number of urea groups is 1. The fourth-order valence-corrected chi connectivity index (χ4v) is 4.18. The van der Waals surface area contributed by atoms with E-state index in [1.54, 1.807) is 6.92 Å². The van der Waals surface area contributed by atoms with Crippen molar-refractivity contribution in [1.29, 1.82) is 0 Å². The zero-order valence-electron chi connectivity index (χ0n) is 18.0. The molecule has 1 aliphatic heterocycles. The molecule has 0 bridgehead atoms. The molecule has 3 aromatic rings. The van der Waals surface area contributed by atoms with Gasteiger partial charge in [-0.3, -0.25) is 4.98 Å².